The zero-order chi connectivity index (χ0) is 22.3. The Morgan fingerprint density at radius 1 is 0.719 bits per heavy atom. The number of aromatic nitrogens is 2. The molecule has 1 heterocycles. The average Bonchev–Trinajstić information content (AvgIpc) is 2.85. The molecule has 1 saturated carbocycles. The Labute approximate surface area is 195 Å². The van der Waals surface area contributed by atoms with Crippen LogP contribution in [0.1, 0.15) is 96.8 Å². The molecule has 0 radical (unpaired) electrons. The van der Waals surface area contributed by atoms with Crippen LogP contribution in [0.25, 0.3) is 11.4 Å². The predicted octanol–water partition coefficient (Wildman–Crippen LogP) is 8.01. The van der Waals surface area contributed by atoms with E-state index in [0.717, 1.165) is 54.9 Å². The lowest BCUT2D eigenvalue weighted by molar-refractivity contribution is 0.283. The van der Waals surface area contributed by atoms with Crippen LogP contribution < -0.4 is 9.47 Å². The molecule has 0 unspecified atom stereocenters. The number of hydrogen-bond acceptors (Lipinski definition) is 4. The first-order valence-electron chi connectivity index (χ1n) is 13.0. The number of nitrogens with zero attached hydrogens (tertiary/aromatic N) is 2. The Balaban J connectivity index is 1.31. The highest BCUT2D eigenvalue weighted by molar-refractivity contribution is 5.56. The van der Waals surface area contributed by atoms with Gasteiger partial charge in [0.05, 0.1) is 25.6 Å². The molecule has 176 valence electrons. The van der Waals surface area contributed by atoms with Crippen molar-refractivity contribution in [2.45, 2.75) is 96.8 Å². The summed E-state index contributed by atoms with van der Waals surface area (Å²) in [5, 5.41) is 0. The van der Waals surface area contributed by atoms with Crippen LogP contribution in [0.4, 0.5) is 0 Å². The fourth-order valence-electron chi connectivity index (χ4n) is 4.51. The molecule has 1 aliphatic rings. The lowest BCUT2D eigenvalue weighted by atomic mass is 9.86. The summed E-state index contributed by atoms with van der Waals surface area (Å²) in [5.41, 5.74) is 0.997. The van der Waals surface area contributed by atoms with E-state index in [1.165, 1.54) is 77.0 Å². The van der Waals surface area contributed by atoms with Gasteiger partial charge in [0.25, 0.3) is 0 Å². The molecule has 1 fully saturated rings. The van der Waals surface area contributed by atoms with Crippen molar-refractivity contribution >= 4 is 0 Å². The SMILES string of the molecule is CCCCCCCCOc1cnc(-c2ccc(OCCCCC3CCCCC3)cc2)nc1. The van der Waals surface area contributed by atoms with E-state index in [1.807, 2.05) is 24.3 Å². The Morgan fingerprint density at radius 3 is 2.06 bits per heavy atom. The first-order chi connectivity index (χ1) is 15.8. The first kappa shape index (κ1) is 24.5. The first-order valence-corrected chi connectivity index (χ1v) is 13.0. The molecule has 1 aromatic heterocycles. The third-order valence-electron chi connectivity index (χ3n) is 6.51. The second kappa shape index (κ2) is 14.9. The molecule has 4 nitrogen and oxygen atoms in total. The summed E-state index contributed by atoms with van der Waals surface area (Å²) in [5.74, 6) is 3.35. The molecule has 1 aliphatic carbocycles. The standard InChI is InChI=1S/C28H42N2O2/c1-2-3-4-5-6-11-20-32-27-22-29-28(30-23-27)25-16-18-26(19-17-25)31-21-12-10-15-24-13-8-7-9-14-24/h16-19,22-24H,2-15,20-21H2,1H3. The van der Waals surface area contributed by atoms with Crippen molar-refractivity contribution in [3.63, 3.8) is 0 Å². The van der Waals surface area contributed by atoms with Gasteiger partial charge in [-0.3, -0.25) is 0 Å². The smallest absolute Gasteiger partial charge is 0.159 e. The van der Waals surface area contributed by atoms with Gasteiger partial charge in [0, 0.05) is 5.56 Å². The van der Waals surface area contributed by atoms with E-state index < -0.39 is 0 Å². The average molecular weight is 439 g/mol. The van der Waals surface area contributed by atoms with Crippen molar-refractivity contribution in [2.24, 2.45) is 5.92 Å². The monoisotopic (exact) mass is 438 g/mol. The molecule has 0 aliphatic heterocycles. The van der Waals surface area contributed by atoms with Gasteiger partial charge in [-0.1, -0.05) is 77.6 Å². The summed E-state index contributed by atoms with van der Waals surface area (Å²) < 4.78 is 11.7. The third kappa shape index (κ3) is 9.18. The molecule has 32 heavy (non-hydrogen) atoms. The molecule has 2 aromatic rings. The second-order valence-corrected chi connectivity index (χ2v) is 9.23. The Kier molecular flexibility index (Phi) is 11.4. The fourth-order valence-corrected chi connectivity index (χ4v) is 4.51. The summed E-state index contributed by atoms with van der Waals surface area (Å²) in [6.45, 7) is 3.78. The summed E-state index contributed by atoms with van der Waals surface area (Å²) in [4.78, 5) is 8.94. The van der Waals surface area contributed by atoms with E-state index >= 15 is 0 Å². The molecule has 4 heteroatoms. The summed E-state index contributed by atoms with van der Waals surface area (Å²) in [6, 6.07) is 8.10. The van der Waals surface area contributed by atoms with E-state index in [4.69, 9.17) is 9.47 Å². The maximum atomic E-state index is 5.93. The molecule has 0 amide bonds. The van der Waals surface area contributed by atoms with Gasteiger partial charge < -0.3 is 9.47 Å². The highest BCUT2D eigenvalue weighted by atomic mass is 16.5. The Bertz CT molecular complexity index is 724. The Morgan fingerprint density at radius 2 is 1.34 bits per heavy atom. The topological polar surface area (TPSA) is 44.2 Å². The van der Waals surface area contributed by atoms with Crippen molar-refractivity contribution in [1.29, 1.82) is 0 Å². The van der Waals surface area contributed by atoms with Crippen LogP contribution in [-0.4, -0.2) is 23.2 Å². The summed E-state index contributed by atoms with van der Waals surface area (Å²) in [7, 11) is 0. The minimum Gasteiger partial charge on any atom is -0.494 e. The van der Waals surface area contributed by atoms with Crippen molar-refractivity contribution in [3.8, 4) is 22.9 Å². The molecular formula is C28H42N2O2. The van der Waals surface area contributed by atoms with E-state index in [-0.39, 0.29) is 0 Å². The lowest BCUT2D eigenvalue weighted by Gasteiger charge is -2.21. The molecule has 0 bridgehead atoms. The third-order valence-corrected chi connectivity index (χ3v) is 6.51. The van der Waals surface area contributed by atoms with Gasteiger partial charge in [-0.15, -0.1) is 0 Å². The van der Waals surface area contributed by atoms with E-state index in [1.54, 1.807) is 12.4 Å². The minimum absolute atomic E-state index is 0.718. The Hall–Kier alpha value is -2.10. The summed E-state index contributed by atoms with van der Waals surface area (Å²) >= 11 is 0. The molecule has 0 atom stereocenters. The number of rotatable bonds is 15. The second-order valence-electron chi connectivity index (χ2n) is 9.23. The van der Waals surface area contributed by atoms with Crippen molar-refractivity contribution in [1.82, 2.24) is 9.97 Å². The molecule has 3 rings (SSSR count). The van der Waals surface area contributed by atoms with Crippen molar-refractivity contribution in [2.75, 3.05) is 13.2 Å². The molecular weight excluding hydrogens is 396 g/mol. The van der Waals surface area contributed by atoms with Crippen molar-refractivity contribution < 1.29 is 9.47 Å². The predicted molar refractivity (Wildman–Crippen MR) is 132 cm³/mol. The number of benzene rings is 1. The van der Waals surface area contributed by atoms with Gasteiger partial charge >= 0.3 is 0 Å². The molecule has 0 saturated heterocycles. The van der Waals surface area contributed by atoms with Crippen LogP contribution in [0.5, 0.6) is 11.5 Å². The van der Waals surface area contributed by atoms with Crippen LogP contribution in [-0.2, 0) is 0 Å². The van der Waals surface area contributed by atoms with Gasteiger partial charge in [-0.05, 0) is 49.4 Å². The van der Waals surface area contributed by atoms with Crippen LogP contribution in [0, 0.1) is 5.92 Å². The molecule has 0 N–H and O–H groups in total. The summed E-state index contributed by atoms with van der Waals surface area (Å²) in [6.07, 6.45) is 22.1. The zero-order valence-corrected chi connectivity index (χ0v) is 20.1. The zero-order valence-electron chi connectivity index (χ0n) is 20.1. The lowest BCUT2D eigenvalue weighted by Crippen LogP contribution is -2.06. The van der Waals surface area contributed by atoms with E-state index in [2.05, 4.69) is 16.9 Å². The minimum atomic E-state index is 0.718. The van der Waals surface area contributed by atoms with Crippen LogP contribution in [0.2, 0.25) is 0 Å². The fraction of sp³-hybridized carbons (Fsp3) is 0.643. The highest BCUT2D eigenvalue weighted by Crippen LogP contribution is 2.28. The van der Waals surface area contributed by atoms with Gasteiger partial charge in [0.1, 0.15) is 5.75 Å². The molecule has 0 spiro atoms. The maximum Gasteiger partial charge on any atom is 0.159 e. The number of hydrogen-bond donors (Lipinski definition) is 0. The van der Waals surface area contributed by atoms with Gasteiger partial charge in [0.2, 0.25) is 0 Å². The van der Waals surface area contributed by atoms with E-state index in [0.29, 0.717) is 0 Å². The number of ether oxygens (including phenoxy) is 2. The quantitative estimate of drug-likeness (QED) is 0.264. The maximum absolute atomic E-state index is 5.93. The molecule has 1 aromatic carbocycles. The van der Waals surface area contributed by atoms with E-state index in [9.17, 15) is 0 Å². The van der Waals surface area contributed by atoms with Crippen LogP contribution >= 0.6 is 0 Å². The van der Waals surface area contributed by atoms with Gasteiger partial charge in [0.15, 0.2) is 11.6 Å². The number of unbranched alkanes of at least 4 members (excludes halogenated alkanes) is 6. The van der Waals surface area contributed by atoms with Crippen LogP contribution in [0.15, 0.2) is 36.7 Å². The van der Waals surface area contributed by atoms with Gasteiger partial charge in [-0.25, -0.2) is 9.97 Å². The van der Waals surface area contributed by atoms with Crippen LogP contribution in [0.3, 0.4) is 0 Å². The van der Waals surface area contributed by atoms with Crippen molar-refractivity contribution in [3.05, 3.63) is 36.7 Å². The highest BCUT2D eigenvalue weighted by Gasteiger charge is 2.12. The normalized spacial score (nSPS) is 14.4. The largest absolute Gasteiger partial charge is 0.494 e. The van der Waals surface area contributed by atoms with Gasteiger partial charge in [-0.2, -0.15) is 0 Å².